The molecule has 0 unspecified atom stereocenters. The van der Waals surface area contributed by atoms with Crippen molar-refractivity contribution in [3.8, 4) is 11.3 Å². The van der Waals surface area contributed by atoms with Gasteiger partial charge in [0.15, 0.2) is 0 Å². The van der Waals surface area contributed by atoms with E-state index in [0.29, 0.717) is 23.0 Å². The van der Waals surface area contributed by atoms with Crippen LogP contribution in [0.2, 0.25) is 5.02 Å². The number of aromatic nitrogens is 3. The third kappa shape index (κ3) is 4.90. The first-order chi connectivity index (χ1) is 12.1. The second-order valence-electron chi connectivity index (χ2n) is 5.77. The van der Waals surface area contributed by atoms with Crippen molar-refractivity contribution in [3.05, 3.63) is 57.1 Å². The molecule has 1 amide bonds. The van der Waals surface area contributed by atoms with E-state index in [1.807, 2.05) is 25.1 Å². The summed E-state index contributed by atoms with van der Waals surface area (Å²) < 4.78 is 0. The van der Waals surface area contributed by atoms with Crippen molar-refractivity contribution in [1.29, 1.82) is 0 Å². The number of nitrogens with zero attached hydrogens (tertiary/aromatic N) is 2. The van der Waals surface area contributed by atoms with Crippen LogP contribution in [0.25, 0.3) is 11.3 Å². The standard InChI is InChI=1S/C18H19ClN4OS/c1-12-11-25-17(21-12)7-2-3-8-20-18(24)16-10-15(22-23-16)13-5-4-6-14(19)9-13/h4-6,9-11H,2-3,7-8H2,1H3,(H,20,24)(H,22,23). The van der Waals surface area contributed by atoms with E-state index in [2.05, 4.69) is 25.9 Å². The number of unbranched alkanes of at least 4 members (excludes halogenated alkanes) is 1. The summed E-state index contributed by atoms with van der Waals surface area (Å²) in [6.45, 7) is 2.64. The quantitative estimate of drug-likeness (QED) is 0.607. The van der Waals surface area contributed by atoms with Crippen molar-refractivity contribution in [2.24, 2.45) is 0 Å². The van der Waals surface area contributed by atoms with Gasteiger partial charge < -0.3 is 5.32 Å². The third-order valence-corrected chi connectivity index (χ3v) is 4.97. The molecule has 5 nitrogen and oxygen atoms in total. The molecular weight excluding hydrogens is 356 g/mol. The van der Waals surface area contributed by atoms with Crippen LogP contribution in [0.1, 0.15) is 34.0 Å². The SMILES string of the molecule is Cc1csc(CCCCNC(=O)c2cc(-c3cccc(Cl)c3)n[nH]2)n1. The van der Waals surface area contributed by atoms with E-state index in [9.17, 15) is 4.79 Å². The minimum Gasteiger partial charge on any atom is -0.351 e. The van der Waals surface area contributed by atoms with Gasteiger partial charge in [0.05, 0.1) is 10.7 Å². The summed E-state index contributed by atoms with van der Waals surface area (Å²) >= 11 is 7.68. The Morgan fingerprint density at radius 1 is 1.32 bits per heavy atom. The van der Waals surface area contributed by atoms with E-state index in [1.165, 1.54) is 0 Å². The van der Waals surface area contributed by atoms with Gasteiger partial charge in [-0.1, -0.05) is 23.7 Å². The molecule has 0 bridgehead atoms. The molecule has 3 rings (SSSR count). The Balaban J connectivity index is 1.45. The Bertz CT molecular complexity index is 858. The van der Waals surface area contributed by atoms with Gasteiger partial charge in [-0.15, -0.1) is 11.3 Å². The number of aryl methyl sites for hydroxylation is 2. The number of carbonyl (C=O) groups excluding carboxylic acids is 1. The Kier molecular flexibility index (Phi) is 5.83. The fraction of sp³-hybridized carbons (Fsp3) is 0.278. The topological polar surface area (TPSA) is 70.7 Å². The lowest BCUT2D eigenvalue weighted by Crippen LogP contribution is -2.24. The van der Waals surface area contributed by atoms with Crippen LogP contribution < -0.4 is 5.32 Å². The highest BCUT2D eigenvalue weighted by Gasteiger charge is 2.10. The van der Waals surface area contributed by atoms with Crippen LogP contribution in [0.3, 0.4) is 0 Å². The monoisotopic (exact) mass is 374 g/mol. The molecule has 0 spiro atoms. The van der Waals surface area contributed by atoms with Crippen LogP contribution in [0.4, 0.5) is 0 Å². The Labute approximate surface area is 155 Å². The first kappa shape index (κ1) is 17.6. The number of nitrogens with one attached hydrogen (secondary N) is 2. The number of carbonyl (C=O) groups is 1. The van der Waals surface area contributed by atoms with Gasteiger partial charge in [-0.2, -0.15) is 5.10 Å². The molecule has 3 aromatic rings. The van der Waals surface area contributed by atoms with Crippen LogP contribution >= 0.6 is 22.9 Å². The van der Waals surface area contributed by atoms with Gasteiger partial charge >= 0.3 is 0 Å². The highest BCUT2D eigenvalue weighted by atomic mass is 35.5. The largest absolute Gasteiger partial charge is 0.351 e. The number of thiazole rings is 1. The number of hydrogen-bond acceptors (Lipinski definition) is 4. The fourth-order valence-corrected chi connectivity index (χ4v) is 3.46. The molecule has 0 fully saturated rings. The van der Waals surface area contributed by atoms with Crippen LogP contribution in [0.15, 0.2) is 35.7 Å². The molecule has 130 valence electrons. The lowest BCUT2D eigenvalue weighted by molar-refractivity contribution is 0.0948. The molecule has 1 aromatic carbocycles. The molecule has 0 aliphatic heterocycles. The van der Waals surface area contributed by atoms with Crippen molar-refractivity contribution in [2.45, 2.75) is 26.2 Å². The summed E-state index contributed by atoms with van der Waals surface area (Å²) in [5.41, 5.74) is 3.10. The maximum atomic E-state index is 12.2. The van der Waals surface area contributed by atoms with Crippen LogP contribution in [-0.2, 0) is 6.42 Å². The Hall–Kier alpha value is -2.18. The van der Waals surface area contributed by atoms with Crippen molar-refractivity contribution >= 4 is 28.8 Å². The number of H-pyrrole nitrogens is 1. The van der Waals surface area contributed by atoms with E-state index in [-0.39, 0.29) is 5.91 Å². The molecule has 0 saturated carbocycles. The van der Waals surface area contributed by atoms with Gasteiger partial charge in [-0.3, -0.25) is 9.89 Å². The molecule has 0 atom stereocenters. The predicted octanol–water partition coefficient (Wildman–Crippen LogP) is 4.25. The molecule has 2 aromatic heterocycles. The predicted molar refractivity (Wildman–Crippen MR) is 101 cm³/mol. The van der Waals surface area contributed by atoms with E-state index < -0.39 is 0 Å². The first-order valence-corrected chi connectivity index (χ1v) is 9.38. The number of halogens is 1. The van der Waals surface area contributed by atoms with E-state index >= 15 is 0 Å². The van der Waals surface area contributed by atoms with Crippen molar-refractivity contribution in [2.75, 3.05) is 6.54 Å². The van der Waals surface area contributed by atoms with Gasteiger partial charge in [0.25, 0.3) is 5.91 Å². The van der Waals surface area contributed by atoms with Crippen molar-refractivity contribution in [3.63, 3.8) is 0 Å². The maximum Gasteiger partial charge on any atom is 0.269 e. The van der Waals surface area contributed by atoms with Gasteiger partial charge in [0.2, 0.25) is 0 Å². The Morgan fingerprint density at radius 3 is 2.96 bits per heavy atom. The normalized spacial score (nSPS) is 10.8. The van der Waals surface area contributed by atoms with Gasteiger partial charge in [0.1, 0.15) is 5.69 Å². The molecule has 0 radical (unpaired) electrons. The molecule has 0 aliphatic rings. The molecule has 2 heterocycles. The highest BCUT2D eigenvalue weighted by Crippen LogP contribution is 2.21. The zero-order valence-corrected chi connectivity index (χ0v) is 15.5. The summed E-state index contributed by atoms with van der Waals surface area (Å²) in [4.78, 5) is 16.6. The molecule has 0 aliphatic carbocycles. The number of amides is 1. The van der Waals surface area contributed by atoms with Crippen LogP contribution in [-0.4, -0.2) is 27.6 Å². The summed E-state index contributed by atoms with van der Waals surface area (Å²) in [5.74, 6) is -0.147. The van der Waals surface area contributed by atoms with Crippen molar-refractivity contribution < 1.29 is 4.79 Å². The summed E-state index contributed by atoms with van der Waals surface area (Å²) in [7, 11) is 0. The zero-order valence-electron chi connectivity index (χ0n) is 13.9. The molecule has 25 heavy (non-hydrogen) atoms. The van der Waals surface area contributed by atoms with Crippen LogP contribution in [0, 0.1) is 6.92 Å². The summed E-state index contributed by atoms with van der Waals surface area (Å²) in [5, 5.41) is 13.7. The van der Waals surface area contributed by atoms with E-state index in [0.717, 1.165) is 35.5 Å². The average molecular weight is 375 g/mol. The second-order valence-corrected chi connectivity index (χ2v) is 7.15. The minimum absolute atomic E-state index is 0.147. The smallest absolute Gasteiger partial charge is 0.269 e. The first-order valence-electron chi connectivity index (χ1n) is 8.12. The second kappa shape index (κ2) is 8.27. The lowest BCUT2D eigenvalue weighted by atomic mass is 10.1. The minimum atomic E-state index is -0.147. The van der Waals surface area contributed by atoms with E-state index in [4.69, 9.17) is 11.6 Å². The van der Waals surface area contributed by atoms with Crippen molar-refractivity contribution in [1.82, 2.24) is 20.5 Å². The number of benzene rings is 1. The molecule has 0 saturated heterocycles. The maximum absolute atomic E-state index is 12.2. The Morgan fingerprint density at radius 2 is 2.20 bits per heavy atom. The lowest BCUT2D eigenvalue weighted by Gasteiger charge is -2.02. The van der Waals surface area contributed by atoms with Gasteiger partial charge in [-0.05, 0) is 44.4 Å². The van der Waals surface area contributed by atoms with Gasteiger partial charge in [-0.25, -0.2) is 4.98 Å². The third-order valence-electron chi connectivity index (χ3n) is 3.71. The summed E-state index contributed by atoms with van der Waals surface area (Å²) in [6, 6.07) is 9.12. The number of rotatable bonds is 7. The van der Waals surface area contributed by atoms with E-state index in [1.54, 1.807) is 23.5 Å². The summed E-state index contributed by atoms with van der Waals surface area (Å²) in [6.07, 6.45) is 2.88. The zero-order chi connectivity index (χ0) is 17.6. The average Bonchev–Trinajstić information content (AvgIpc) is 3.24. The number of aromatic amines is 1. The molecule has 7 heteroatoms. The van der Waals surface area contributed by atoms with Crippen LogP contribution in [0.5, 0.6) is 0 Å². The fourth-order valence-electron chi connectivity index (χ4n) is 2.45. The number of hydrogen-bond donors (Lipinski definition) is 2. The highest BCUT2D eigenvalue weighted by molar-refractivity contribution is 7.09. The molecular formula is C18H19ClN4OS. The van der Waals surface area contributed by atoms with Gasteiger partial charge in [0, 0.05) is 28.2 Å². The molecule has 2 N–H and O–H groups in total.